The average molecular weight is 249 g/mol. The highest BCUT2D eigenvalue weighted by atomic mass is 19.1. The number of halogens is 1. The molecular formula is C16H24FN. The summed E-state index contributed by atoms with van der Waals surface area (Å²) in [6.45, 7) is 5.56. The molecule has 1 N–H and O–H groups in total. The molecule has 2 heteroatoms. The zero-order chi connectivity index (χ0) is 13.0. The number of hydrogen-bond donors (Lipinski definition) is 1. The van der Waals surface area contributed by atoms with Crippen molar-refractivity contribution < 1.29 is 4.39 Å². The average Bonchev–Trinajstić information content (AvgIpc) is 2.37. The number of rotatable bonds is 4. The summed E-state index contributed by atoms with van der Waals surface area (Å²) in [5.41, 5.74) is 0.821. The van der Waals surface area contributed by atoms with Gasteiger partial charge in [0.15, 0.2) is 0 Å². The SMILES string of the molecule is CC1CCCC(NCCc2ccccc2F)C1C. The first-order valence-corrected chi connectivity index (χ1v) is 7.15. The van der Waals surface area contributed by atoms with Gasteiger partial charge in [0.1, 0.15) is 5.82 Å². The number of hydrogen-bond acceptors (Lipinski definition) is 1. The molecule has 3 unspecified atom stereocenters. The van der Waals surface area contributed by atoms with Crippen LogP contribution in [-0.2, 0) is 6.42 Å². The van der Waals surface area contributed by atoms with Gasteiger partial charge in [-0.05, 0) is 42.9 Å². The van der Waals surface area contributed by atoms with Gasteiger partial charge in [0.25, 0.3) is 0 Å². The van der Waals surface area contributed by atoms with E-state index >= 15 is 0 Å². The van der Waals surface area contributed by atoms with E-state index in [0.29, 0.717) is 6.04 Å². The maximum Gasteiger partial charge on any atom is 0.126 e. The van der Waals surface area contributed by atoms with Gasteiger partial charge in [0.2, 0.25) is 0 Å². The summed E-state index contributed by atoms with van der Waals surface area (Å²) in [5, 5.41) is 3.61. The van der Waals surface area contributed by atoms with Gasteiger partial charge in [-0.25, -0.2) is 4.39 Å². The third-order valence-electron chi connectivity index (χ3n) is 4.47. The van der Waals surface area contributed by atoms with Gasteiger partial charge in [-0.3, -0.25) is 0 Å². The zero-order valence-corrected chi connectivity index (χ0v) is 11.5. The van der Waals surface area contributed by atoms with Crippen LogP contribution in [0.4, 0.5) is 4.39 Å². The van der Waals surface area contributed by atoms with E-state index in [4.69, 9.17) is 0 Å². The summed E-state index contributed by atoms with van der Waals surface area (Å²) in [6, 6.07) is 7.69. The van der Waals surface area contributed by atoms with Crippen LogP contribution in [0.5, 0.6) is 0 Å². The van der Waals surface area contributed by atoms with Crippen molar-refractivity contribution in [2.24, 2.45) is 11.8 Å². The smallest absolute Gasteiger partial charge is 0.126 e. The number of nitrogens with one attached hydrogen (secondary N) is 1. The highest BCUT2D eigenvalue weighted by Gasteiger charge is 2.26. The lowest BCUT2D eigenvalue weighted by Crippen LogP contribution is -2.41. The predicted molar refractivity (Wildman–Crippen MR) is 74.1 cm³/mol. The molecule has 1 aliphatic carbocycles. The van der Waals surface area contributed by atoms with Crippen LogP contribution in [0.15, 0.2) is 24.3 Å². The van der Waals surface area contributed by atoms with E-state index in [-0.39, 0.29) is 5.82 Å². The summed E-state index contributed by atoms with van der Waals surface area (Å²) in [6.07, 6.45) is 4.72. The van der Waals surface area contributed by atoms with Gasteiger partial charge < -0.3 is 5.32 Å². The molecule has 1 aromatic rings. The molecule has 0 radical (unpaired) electrons. The zero-order valence-electron chi connectivity index (χ0n) is 11.5. The normalized spacial score (nSPS) is 28.3. The molecule has 0 aromatic heterocycles. The third-order valence-corrected chi connectivity index (χ3v) is 4.47. The minimum Gasteiger partial charge on any atom is -0.313 e. The summed E-state index contributed by atoms with van der Waals surface area (Å²) in [4.78, 5) is 0. The maximum absolute atomic E-state index is 13.5. The molecule has 100 valence electrons. The molecule has 1 nitrogen and oxygen atoms in total. The van der Waals surface area contributed by atoms with Crippen molar-refractivity contribution in [3.8, 4) is 0 Å². The van der Waals surface area contributed by atoms with Gasteiger partial charge in [-0.15, -0.1) is 0 Å². The molecule has 0 heterocycles. The number of benzene rings is 1. The summed E-state index contributed by atoms with van der Waals surface area (Å²) in [5.74, 6) is 1.47. The molecule has 1 saturated carbocycles. The highest BCUT2D eigenvalue weighted by molar-refractivity contribution is 5.17. The lowest BCUT2D eigenvalue weighted by Gasteiger charge is -2.34. The molecule has 1 aromatic carbocycles. The molecule has 1 aliphatic rings. The molecule has 18 heavy (non-hydrogen) atoms. The van der Waals surface area contributed by atoms with Crippen LogP contribution in [0.2, 0.25) is 0 Å². The lowest BCUT2D eigenvalue weighted by molar-refractivity contribution is 0.208. The van der Waals surface area contributed by atoms with Crippen molar-refractivity contribution in [3.05, 3.63) is 35.6 Å². The van der Waals surface area contributed by atoms with E-state index in [1.54, 1.807) is 12.1 Å². The summed E-state index contributed by atoms with van der Waals surface area (Å²) >= 11 is 0. The Balaban J connectivity index is 1.80. The van der Waals surface area contributed by atoms with Crippen LogP contribution in [-0.4, -0.2) is 12.6 Å². The molecular weight excluding hydrogens is 225 g/mol. The molecule has 2 rings (SSSR count). The van der Waals surface area contributed by atoms with Crippen molar-refractivity contribution in [2.45, 2.75) is 45.6 Å². The van der Waals surface area contributed by atoms with E-state index in [1.807, 2.05) is 12.1 Å². The van der Waals surface area contributed by atoms with Crippen molar-refractivity contribution in [1.29, 1.82) is 0 Å². The first-order chi connectivity index (χ1) is 8.68. The monoisotopic (exact) mass is 249 g/mol. The van der Waals surface area contributed by atoms with Crippen LogP contribution < -0.4 is 5.32 Å². The van der Waals surface area contributed by atoms with Crippen LogP contribution in [0.1, 0.15) is 38.7 Å². The van der Waals surface area contributed by atoms with E-state index in [1.165, 1.54) is 19.3 Å². The molecule has 0 bridgehead atoms. The Bertz CT molecular complexity index is 377. The fourth-order valence-corrected chi connectivity index (χ4v) is 2.96. The standard InChI is InChI=1S/C16H24FN/c1-12-6-5-9-16(13(12)2)18-11-10-14-7-3-4-8-15(14)17/h3-4,7-8,12-13,16,18H,5-6,9-11H2,1-2H3. The van der Waals surface area contributed by atoms with Gasteiger partial charge >= 0.3 is 0 Å². The Morgan fingerprint density at radius 1 is 1.22 bits per heavy atom. The van der Waals surface area contributed by atoms with Crippen molar-refractivity contribution in [1.82, 2.24) is 5.32 Å². The Kier molecular flexibility index (Phi) is 4.76. The lowest BCUT2D eigenvalue weighted by atomic mass is 9.78. The van der Waals surface area contributed by atoms with E-state index < -0.39 is 0 Å². The molecule has 0 saturated heterocycles. The van der Waals surface area contributed by atoms with Crippen molar-refractivity contribution in [3.63, 3.8) is 0 Å². The second kappa shape index (κ2) is 6.33. The van der Waals surface area contributed by atoms with Crippen LogP contribution in [0, 0.1) is 17.7 Å². The minimum atomic E-state index is -0.0793. The fraction of sp³-hybridized carbons (Fsp3) is 0.625. The quantitative estimate of drug-likeness (QED) is 0.856. The van der Waals surface area contributed by atoms with E-state index in [9.17, 15) is 4.39 Å². The Labute approximate surface area is 110 Å². The minimum absolute atomic E-state index is 0.0793. The molecule has 0 aliphatic heterocycles. The van der Waals surface area contributed by atoms with Gasteiger partial charge in [-0.1, -0.05) is 44.9 Å². The largest absolute Gasteiger partial charge is 0.313 e. The molecule has 0 amide bonds. The van der Waals surface area contributed by atoms with Crippen LogP contribution in [0.3, 0.4) is 0 Å². The predicted octanol–water partition coefficient (Wildman–Crippen LogP) is 3.78. The molecule has 0 spiro atoms. The maximum atomic E-state index is 13.5. The topological polar surface area (TPSA) is 12.0 Å². The summed E-state index contributed by atoms with van der Waals surface area (Å²) < 4.78 is 13.5. The third kappa shape index (κ3) is 3.32. The first kappa shape index (κ1) is 13.5. The summed E-state index contributed by atoms with van der Waals surface area (Å²) in [7, 11) is 0. The second-order valence-electron chi connectivity index (χ2n) is 5.67. The first-order valence-electron chi connectivity index (χ1n) is 7.15. The van der Waals surface area contributed by atoms with Crippen molar-refractivity contribution >= 4 is 0 Å². The highest BCUT2D eigenvalue weighted by Crippen LogP contribution is 2.29. The van der Waals surface area contributed by atoms with E-state index in [2.05, 4.69) is 19.2 Å². The van der Waals surface area contributed by atoms with Gasteiger partial charge in [0.05, 0.1) is 0 Å². The Hall–Kier alpha value is -0.890. The Morgan fingerprint density at radius 2 is 2.00 bits per heavy atom. The van der Waals surface area contributed by atoms with Crippen LogP contribution >= 0.6 is 0 Å². The van der Waals surface area contributed by atoms with Gasteiger partial charge in [-0.2, -0.15) is 0 Å². The van der Waals surface area contributed by atoms with Crippen molar-refractivity contribution in [2.75, 3.05) is 6.54 Å². The molecule has 1 fully saturated rings. The molecule has 3 atom stereocenters. The van der Waals surface area contributed by atoms with Gasteiger partial charge in [0, 0.05) is 6.04 Å². The van der Waals surface area contributed by atoms with E-state index in [0.717, 1.165) is 30.4 Å². The second-order valence-corrected chi connectivity index (χ2v) is 5.67. The Morgan fingerprint density at radius 3 is 2.78 bits per heavy atom. The fourth-order valence-electron chi connectivity index (χ4n) is 2.96. The van der Waals surface area contributed by atoms with Crippen LogP contribution in [0.25, 0.3) is 0 Å².